The maximum atomic E-state index is 10.4. The maximum absolute atomic E-state index is 10.4. The average Bonchev–Trinajstić information content (AvgIpc) is 2.47. The first-order valence-corrected chi connectivity index (χ1v) is 6.42. The highest BCUT2D eigenvalue weighted by atomic mass is 16.5. The SMILES string of the molecule is O=C(O)C=Cc1ccc(OCCc2ccccc2)cc1. The Kier molecular flexibility index (Phi) is 4.95. The van der Waals surface area contributed by atoms with Crippen LogP contribution in [0.2, 0.25) is 0 Å². The van der Waals surface area contributed by atoms with Crippen LogP contribution in [-0.4, -0.2) is 17.7 Å². The summed E-state index contributed by atoms with van der Waals surface area (Å²) >= 11 is 0. The van der Waals surface area contributed by atoms with Crippen molar-refractivity contribution >= 4 is 12.0 Å². The Hall–Kier alpha value is -2.55. The molecule has 0 aliphatic rings. The summed E-state index contributed by atoms with van der Waals surface area (Å²) in [4.78, 5) is 10.4. The number of rotatable bonds is 6. The zero-order valence-electron chi connectivity index (χ0n) is 11.0. The number of benzene rings is 2. The van der Waals surface area contributed by atoms with Gasteiger partial charge in [-0.3, -0.25) is 0 Å². The van der Waals surface area contributed by atoms with Crippen molar-refractivity contribution in [1.82, 2.24) is 0 Å². The fraction of sp³-hybridized carbons (Fsp3) is 0.118. The monoisotopic (exact) mass is 268 g/mol. The first-order valence-electron chi connectivity index (χ1n) is 6.42. The summed E-state index contributed by atoms with van der Waals surface area (Å²) in [7, 11) is 0. The van der Waals surface area contributed by atoms with E-state index >= 15 is 0 Å². The molecule has 2 aromatic rings. The van der Waals surface area contributed by atoms with Crippen molar-refractivity contribution in [2.45, 2.75) is 6.42 Å². The molecular formula is C17H16O3. The summed E-state index contributed by atoms with van der Waals surface area (Å²) in [5.41, 5.74) is 2.08. The van der Waals surface area contributed by atoms with E-state index in [0.717, 1.165) is 23.8 Å². The molecule has 3 nitrogen and oxygen atoms in total. The molecule has 0 bridgehead atoms. The Bertz CT molecular complexity index is 571. The number of carboxylic acids is 1. The van der Waals surface area contributed by atoms with Crippen LogP contribution in [0.1, 0.15) is 11.1 Å². The molecule has 1 N–H and O–H groups in total. The second-order valence-corrected chi connectivity index (χ2v) is 4.32. The molecule has 20 heavy (non-hydrogen) atoms. The molecule has 0 amide bonds. The Balaban J connectivity index is 1.83. The van der Waals surface area contributed by atoms with Gasteiger partial charge in [0.2, 0.25) is 0 Å². The molecule has 0 aromatic heterocycles. The molecular weight excluding hydrogens is 252 g/mol. The normalized spacial score (nSPS) is 10.6. The standard InChI is InChI=1S/C17H16O3/c18-17(19)11-8-15-6-9-16(10-7-15)20-13-12-14-4-2-1-3-5-14/h1-11H,12-13H2,(H,18,19). The van der Waals surface area contributed by atoms with E-state index in [1.165, 1.54) is 5.56 Å². The average molecular weight is 268 g/mol. The molecule has 0 saturated heterocycles. The lowest BCUT2D eigenvalue weighted by atomic mass is 10.2. The van der Waals surface area contributed by atoms with Crippen LogP contribution in [0.4, 0.5) is 0 Å². The molecule has 0 heterocycles. The topological polar surface area (TPSA) is 46.5 Å². The van der Waals surface area contributed by atoms with E-state index in [1.54, 1.807) is 6.08 Å². The van der Waals surface area contributed by atoms with Crippen LogP contribution in [0.15, 0.2) is 60.7 Å². The van der Waals surface area contributed by atoms with Gasteiger partial charge in [0, 0.05) is 12.5 Å². The molecule has 2 aromatic carbocycles. The zero-order chi connectivity index (χ0) is 14.2. The van der Waals surface area contributed by atoms with Crippen molar-refractivity contribution in [2.24, 2.45) is 0 Å². The molecule has 0 radical (unpaired) electrons. The van der Waals surface area contributed by atoms with Crippen molar-refractivity contribution in [3.8, 4) is 5.75 Å². The van der Waals surface area contributed by atoms with Crippen LogP contribution < -0.4 is 4.74 Å². The third-order valence-corrected chi connectivity index (χ3v) is 2.80. The number of hydrogen-bond acceptors (Lipinski definition) is 2. The van der Waals surface area contributed by atoms with Gasteiger partial charge in [-0.25, -0.2) is 4.79 Å². The van der Waals surface area contributed by atoms with Crippen LogP contribution in [0.5, 0.6) is 5.75 Å². The molecule has 0 saturated carbocycles. The van der Waals surface area contributed by atoms with E-state index in [0.29, 0.717) is 6.61 Å². The fourth-order valence-electron chi connectivity index (χ4n) is 1.77. The van der Waals surface area contributed by atoms with Gasteiger partial charge in [-0.2, -0.15) is 0 Å². The number of hydrogen-bond donors (Lipinski definition) is 1. The number of ether oxygens (including phenoxy) is 1. The highest BCUT2D eigenvalue weighted by Gasteiger charge is 1.96. The quantitative estimate of drug-likeness (QED) is 0.817. The summed E-state index contributed by atoms with van der Waals surface area (Å²) < 4.78 is 5.65. The van der Waals surface area contributed by atoms with Crippen LogP contribution in [-0.2, 0) is 11.2 Å². The predicted molar refractivity (Wildman–Crippen MR) is 78.8 cm³/mol. The van der Waals surface area contributed by atoms with Crippen LogP contribution in [0, 0.1) is 0 Å². The highest BCUT2D eigenvalue weighted by Crippen LogP contribution is 2.13. The number of carbonyl (C=O) groups is 1. The third kappa shape index (κ3) is 4.61. The van der Waals surface area contributed by atoms with E-state index in [-0.39, 0.29) is 0 Å². The van der Waals surface area contributed by atoms with Crippen molar-refractivity contribution in [3.63, 3.8) is 0 Å². The minimum atomic E-state index is -0.951. The summed E-state index contributed by atoms with van der Waals surface area (Å²) in [5, 5.41) is 8.54. The van der Waals surface area contributed by atoms with Crippen molar-refractivity contribution in [1.29, 1.82) is 0 Å². The largest absolute Gasteiger partial charge is 0.493 e. The lowest BCUT2D eigenvalue weighted by Crippen LogP contribution is -2.00. The molecule has 0 fully saturated rings. The van der Waals surface area contributed by atoms with E-state index in [4.69, 9.17) is 9.84 Å². The van der Waals surface area contributed by atoms with Crippen molar-refractivity contribution in [2.75, 3.05) is 6.61 Å². The summed E-state index contributed by atoms with van der Waals surface area (Å²) in [6.45, 7) is 0.619. The smallest absolute Gasteiger partial charge is 0.328 e. The first-order chi connectivity index (χ1) is 9.74. The number of aliphatic carboxylic acids is 1. The molecule has 0 aliphatic carbocycles. The highest BCUT2D eigenvalue weighted by molar-refractivity contribution is 5.85. The van der Waals surface area contributed by atoms with Gasteiger partial charge in [-0.05, 0) is 29.3 Å². The van der Waals surface area contributed by atoms with Crippen LogP contribution >= 0.6 is 0 Å². The molecule has 0 atom stereocenters. The fourth-order valence-corrected chi connectivity index (χ4v) is 1.77. The van der Waals surface area contributed by atoms with Gasteiger partial charge in [0.15, 0.2) is 0 Å². The van der Waals surface area contributed by atoms with Gasteiger partial charge >= 0.3 is 5.97 Å². The second-order valence-electron chi connectivity index (χ2n) is 4.32. The lowest BCUT2D eigenvalue weighted by Gasteiger charge is -2.06. The van der Waals surface area contributed by atoms with Gasteiger partial charge < -0.3 is 9.84 Å². The molecule has 102 valence electrons. The third-order valence-electron chi connectivity index (χ3n) is 2.80. The van der Waals surface area contributed by atoms with Gasteiger partial charge in [0.05, 0.1) is 6.61 Å². The Labute approximate surface area is 118 Å². The van der Waals surface area contributed by atoms with Crippen molar-refractivity contribution in [3.05, 3.63) is 71.8 Å². The Morgan fingerprint density at radius 1 is 1.05 bits per heavy atom. The maximum Gasteiger partial charge on any atom is 0.328 e. The Morgan fingerprint density at radius 3 is 2.40 bits per heavy atom. The van der Waals surface area contributed by atoms with Gasteiger partial charge in [-0.15, -0.1) is 0 Å². The second kappa shape index (κ2) is 7.14. The lowest BCUT2D eigenvalue weighted by molar-refractivity contribution is -0.131. The molecule has 0 aliphatic heterocycles. The van der Waals surface area contributed by atoms with Gasteiger partial charge in [0.25, 0.3) is 0 Å². The van der Waals surface area contributed by atoms with Crippen LogP contribution in [0.25, 0.3) is 6.08 Å². The van der Waals surface area contributed by atoms with E-state index in [9.17, 15) is 4.79 Å². The summed E-state index contributed by atoms with van der Waals surface area (Å²) in [5.74, 6) is -0.165. The molecule has 0 unspecified atom stereocenters. The molecule has 2 rings (SSSR count). The van der Waals surface area contributed by atoms with E-state index in [2.05, 4.69) is 12.1 Å². The summed E-state index contributed by atoms with van der Waals surface area (Å²) in [6.07, 6.45) is 3.53. The zero-order valence-corrected chi connectivity index (χ0v) is 11.0. The summed E-state index contributed by atoms with van der Waals surface area (Å²) in [6, 6.07) is 17.5. The van der Waals surface area contributed by atoms with E-state index < -0.39 is 5.97 Å². The predicted octanol–water partition coefficient (Wildman–Crippen LogP) is 3.41. The minimum Gasteiger partial charge on any atom is -0.493 e. The van der Waals surface area contributed by atoms with Crippen LogP contribution in [0.3, 0.4) is 0 Å². The van der Waals surface area contributed by atoms with E-state index in [1.807, 2.05) is 42.5 Å². The molecule has 0 spiro atoms. The number of carboxylic acid groups (broad SMARTS) is 1. The first kappa shape index (κ1) is 13.9. The molecule has 3 heteroatoms. The minimum absolute atomic E-state index is 0.619. The van der Waals surface area contributed by atoms with Crippen molar-refractivity contribution < 1.29 is 14.6 Å². The Morgan fingerprint density at radius 2 is 1.75 bits per heavy atom. The van der Waals surface area contributed by atoms with Gasteiger partial charge in [0.1, 0.15) is 5.75 Å². The van der Waals surface area contributed by atoms with Gasteiger partial charge in [-0.1, -0.05) is 42.5 Å².